The summed E-state index contributed by atoms with van der Waals surface area (Å²) in [5.74, 6) is 0.469. The molecule has 0 aliphatic carbocycles. The van der Waals surface area contributed by atoms with Crippen LogP contribution in [0.4, 0.5) is 5.82 Å². The van der Waals surface area contributed by atoms with Crippen LogP contribution in [0.15, 0.2) is 23.1 Å². The summed E-state index contributed by atoms with van der Waals surface area (Å²) in [6.45, 7) is 2.82. The maximum absolute atomic E-state index is 11.4. The zero-order valence-electron chi connectivity index (χ0n) is 9.55. The van der Waals surface area contributed by atoms with Crippen molar-refractivity contribution in [2.45, 2.75) is 19.8 Å². The molecule has 0 aliphatic heterocycles. The number of nitrogens with one attached hydrogen (secondary N) is 1. The van der Waals surface area contributed by atoms with E-state index in [1.54, 1.807) is 12.1 Å². The third kappa shape index (κ3) is 2.20. The van der Waals surface area contributed by atoms with Crippen LogP contribution in [0.3, 0.4) is 0 Å². The molecule has 2 N–H and O–H groups in total. The summed E-state index contributed by atoms with van der Waals surface area (Å²) in [6.07, 6.45) is 3.57. The zero-order chi connectivity index (χ0) is 12.3. The van der Waals surface area contributed by atoms with E-state index in [4.69, 9.17) is 0 Å². The Morgan fingerprint density at radius 3 is 3.12 bits per heavy atom. The van der Waals surface area contributed by atoms with Gasteiger partial charge < -0.3 is 10.5 Å². The molecule has 6 heteroatoms. The lowest BCUT2D eigenvalue weighted by Crippen LogP contribution is -2.23. The predicted octanol–water partition coefficient (Wildman–Crippen LogP) is 1.24. The molecule has 0 aromatic carbocycles. The second kappa shape index (κ2) is 4.82. The Labute approximate surface area is 97.9 Å². The van der Waals surface area contributed by atoms with Gasteiger partial charge in [-0.15, -0.1) is 4.73 Å². The van der Waals surface area contributed by atoms with E-state index in [1.807, 2.05) is 0 Å². The molecule has 90 valence electrons. The summed E-state index contributed by atoms with van der Waals surface area (Å²) < 4.78 is 0.459. The van der Waals surface area contributed by atoms with Gasteiger partial charge >= 0.3 is 5.69 Å². The van der Waals surface area contributed by atoms with Gasteiger partial charge in [-0.3, -0.25) is 0 Å². The Morgan fingerprint density at radius 1 is 1.53 bits per heavy atom. The Kier molecular flexibility index (Phi) is 3.22. The first kappa shape index (κ1) is 11.4. The average Bonchev–Trinajstić information content (AvgIpc) is 2.36. The van der Waals surface area contributed by atoms with Gasteiger partial charge in [0.15, 0.2) is 5.65 Å². The molecule has 0 amide bonds. The normalized spacial score (nSPS) is 10.6. The molecule has 0 aliphatic rings. The van der Waals surface area contributed by atoms with Crippen molar-refractivity contribution in [2.24, 2.45) is 0 Å². The van der Waals surface area contributed by atoms with Crippen molar-refractivity contribution in [3.63, 3.8) is 0 Å². The maximum atomic E-state index is 11.4. The van der Waals surface area contributed by atoms with Gasteiger partial charge in [0.05, 0.1) is 5.39 Å². The largest absolute Gasteiger partial charge is 0.422 e. The molecule has 0 saturated carbocycles. The van der Waals surface area contributed by atoms with E-state index in [2.05, 4.69) is 22.2 Å². The molecule has 0 atom stereocenters. The number of nitrogens with zero attached hydrogens (tertiary/aromatic N) is 3. The number of unbranched alkanes of at least 4 members (excludes halogenated alkanes) is 1. The van der Waals surface area contributed by atoms with Crippen molar-refractivity contribution in [1.82, 2.24) is 14.7 Å². The highest BCUT2D eigenvalue weighted by molar-refractivity contribution is 5.86. The summed E-state index contributed by atoms with van der Waals surface area (Å²) in [5, 5.41) is 13.2. The molecule has 0 bridgehead atoms. The van der Waals surface area contributed by atoms with Gasteiger partial charge in [0.2, 0.25) is 0 Å². The third-order valence-electron chi connectivity index (χ3n) is 2.45. The molecule has 0 fully saturated rings. The number of hydrogen-bond donors (Lipinski definition) is 2. The van der Waals surface area contributed by atoms with E-state index < -0.39 is 5.69 Å². The molecule has 2 heterocycles. The first-order valence-electron chi connectivity index (χ1n) is 5.55. The van der Waals surface area contributed by atoms with E-state index in [1.165, 1.54) is 6.20 Å². The topological polar surface area (TPSA) is 80.0 Å². The molecule has 6 nitrogen and oxygen atoms in total. The number of pyridine rings is 1. The molecule has 2 aromatic rings. The van der Waals surface area contributed by atoms with Crippen LogP contribution in [0, 0.1) is 0 Å². The van der Waals surface area contributed by atoms with Gasteiger partial charge in [0, 0.05) is 12.7 Å². The number of hydrogen-bond acceptors (Lipinski definition) is 5. The maximum Gasteiger partial charge on any atom is 0.384 e. The standard InChI is InChI=1S/C11H14N4O2/c1-2-3-6-12-9-8-5-4-7-13-10(8)15(17)11(16)14-9/h4-5,7,17H,2-3,6H2,1H3,(H,12,14,16). The van der Waals surface area contributed by atoms with Gasteiger partial charge in [0.25, 0.3) is 0 Å². The lowest BCUT2D eigenvalue weighted by molar-refractivity contribution is 0.182. The van der Waals surface area contributed by atoms with Crippen molar-refractivity contribution in [3.05, 3.63) is 28.8 Å². The highest BCUT2D eigenvalue weighted by atomic mass is 16.5. The monoisotopic (exact) mass is 234 g/mol. The fourth-order valence-corrected chi connectivity index (χ4v) is 1.56. The first-order chi connectivity index (χ1) is 8.24. The molecule has 0 saturated heterocycles. The quantitative estimate of drug-likeness (QED) is 0.614. The van der Waals surface area contributed by atoms with Crippen LogP contribution in [0.25, 0.3) is 11.0 Å². The second-order valence-corrected chi connectivity index (χ2v) is 3.71. The van der Waals surface area contributed by atoms with Crippen LogP contribution >= 0.6 is 0 Å². The summed E-state index contributed by atoms with van der Waals surface area (Å²) >= 11 is 0. The van der Waals surface area contributed by atoms with E-state index in [9.17, 15) is 10.0 Å². The SMILES string of the molecule is CCCCNc1nc(=O)n(O)c2ncccc12. The first-order valence-corrected chi connectivity index (χ1v) is 5.55. The van der Waals surface area contributed by atoms with Crippen LogP contribution in [0.5, 0.6) is 0 Å². The van der Waals surface area contributed by atoms with Crippen molar-refractivity contribution in [2.75, 3.05) is 11.9 Å². The number of aromatic nitrogens is 3. The summed E-state index contributed by atoms with van der Waals surface area (Å²) in [5.41, 5.74) is -0.512. The highest BCUT2D eigenvalue weighted by Gasteiger charge is 2.09. The number of rotatable bonds is 4. The fourth-order valence-electron chi connectivity index (χ4n) is 1.56. The zero-order valence-corrected chi connectivity index (χ0v) is 9.55. The fraction of sp³-hybridized carbons (Fsp3) is 0.364. The molecule has 0 unspecified atom stereocenters. The molecule has 0 radical (unpaired) electrons. The minimum atomic E-state index is -0.727. The summed E-state index contributed by atoms with van der Waals surface area (Å²) in [7, 11) is 0. The number of anilines is 1. The van der Waals surface area contributed by atoms with Gasteiger partial charge in [-0.25, -0.2) is 9.78 Å². The second-order valence-electron chi connectivity index (χ2n) is 3.71. The number of fused-ring (bicyclic) bond motifs is 1. The molecular formula is C11H14N4O2. The molecule has 0 spiro atoms. The third-order valence-corrected chi connectivity index (χ3v) is 2.45. The van der Waals surface area contributed by atoms with Gasteiger partial charge in [-0.05, 0) is 18.6 Å². The van der Waals surface area contributed by atoms with Crippen LogP contribution in [0.2, 0.25) is 0 Å². The lowest BCUT2D eigenvalue weighted by atomic mass is 10.3. The molecular weight excluding hydrogens is 220 g/mol. The molecule has 2 rings (SSSR count). The Bertz CT molecular complexity index is 579. The molecule has 17 heavy (non-hydrogen) atoms. The van der Waals surface area contributed by atoms with E-state index in [-0.39, 0.29) is 5.65 Å². The van der Waals surface area contributed by atoms with Crippen LogP contribution < -0.4 is 11.0 Å². The van der Waals surface area contributed by atoms with Crippen molar-refractivity contribution >= 4 is 16.9 Å². The minimum Gasteiger partial charge on any atom is -0.422 e. The van der Waals surface area contributed by atoms with Crippen LogP contribution in [-0.2, 0) is 0 Å². The predicted molar refractivity (Wildman–Crippen MR) is 64.4 cm³/mol. The average molecular weight is 234 g/mol. The molecule has 2 aromatic heterocycles. The van der Waals surface area contributed by atoms with Gasteiger partial charge in [-0.2, -0.15) is 4.98 Å². The van der Waals surface area contributed by atoms with Gasteiger partial charge in [-0.1, -0.05) is 13.3 Å². The van der Waals surface area contributed by atoms with Crippen LogP contribution in [-0.4, -0.2) is 26.5 Å². The highest BCUT2D eigenvalue weighted by Crippen LogP contribution is 2.16. The summed E-state index contributed by atoms with van der Waals surface area (Å²) in [4.78, 5) is 19.2. The lowest BCUT2D eigenvalue weighted by Gasteiger charge is -2.08. The van der Waals surface area contributed by atoms with E-state index in [0.29, 0.717) is 15.9 Å². The van der Waals surface area contributed by atoms with Crippen molar-refractivity contribution in [3.8, 4) is 0 Å². The van der Waals surface area contributed by atoms with Crippen LogP contribution in [0.1, 0.15) is 19.8 Å². The van der Waals surface area contributed by atoms with Gasteiger partial charge in [0.1, 0.15) is 5.82 Å². The van der Waals surface area contributed by atoms with Crippen molar-refractivity contribution in [1.29, 1.82) is 0 Å². The van der Waals surface area contributed by atoms with E-state index >= 15 is 0 Å². The summed E-state index contributed by atoms with van der Waals surface area (Å²) in [6, 6.07) is 3.50. The Morgan fingerprint density at radius 2 is 2.35 bits per heavy atom. The van der Waals surface area contributed by atoms with Crippen molar-refractivity contribution < 1.29 is 5.21 Å². The Balaban J connectivity index is 2.48. The minimum absolute atomic E-state index is 0.214. The Hall–Kier alpha value is -2.11. The van der Waals surface area contributed by atoms with E-state index in [0.717, 1.165) is 19.4 Å². The smallest absolute Gasteiger partial charge is 0.384 e.